The number of aryl methyl sites for hydroxylation is 3. The van der Waals surface area contributed by atoms with Crippen molar-refractivity contribution in [2.45, 2.75) is 53.0 Å². The number of nitrogens with zero attached hydrogens (tertiary/aromatic N) is 4. The molecule has 1 saturated heterocycles. The first-order valence-electron chi connectivity index (χ1n) is 10.8. The van der Waals surface area contributed by atoms with E-state index in [9.17, 15) is 4.79 Å². The molecule has 1 fully saturated rings. The number of hydrogen-bond donors (Lipinski definition) is 1. The Labute approximate surface area is 176 Å². The van der Waals surface area contributed by atoms with E-state index in [0.717, 1.165) is 54.7 Å². The lowest BCUT2D eigenvalue weighted by Crippen LogP contribution is -2.43. The molecule has 1 amide bonds. The fourth-order valence-electron chi connectivity index (χ4n) is 4.08. The summed E-state index contributed by atoms with van der Waals surface area (Å²) in [5.74, 6) is 1.52. The highest BCUT2D eigenvalue weighted by atomic mass is 16.5. The van der Waals surface area contributed by atoms with Gasteiger partial charge in [-0.25, -0.2) is 4.98 Å². The van der Waals surface area contributed by atoms with Gasteiger partial charge in [0, 0.05) is 19.6 Å². The summed E-state index contributed by atoms with van der Waals surface area (Å²) in [6, 6.07) is 8.42. The van der Waals surface area contributed by atoms with E-state index in [1.807, 2.05) is 13.8 Å². The van der Waals surface area contributed by atoms with Crippen molar-refractivity contribution >= 4 is 22.8 Å². The van der Waals surface area contributed by atoms with Gasteiger partial charge in [-0.2, -0.15) is 4.98 Å². The van der Waals surface area contributed by atoms with Crippen LogP contribution < -0.4 is 10.2 Å². The third-order valence-electron chi connectivity index (χ3n) is 5.82. The zero-order chi connectivity index (χ0) is 21.1. The average Bonchev–Trinajstić information content (AvgIpc) is 3.20. The normalized spacial score (nSPS) is 16.8. The van der Waals surface area contributed by atoms with E-state index in [2.05, 4.69) is 51.5 Å². The van der Waals surface area contributed by atoms with E-state index < -0.39 is 0 Å². The number of carbonyl (C=O) groups excluding carboxylic acids is 1. The van der Waals surface area contributed by atoms with Gasteiger partial charge in [-0.15, -0.1) is 0 Å². The lowest BCUT2D eigenvalue weighted by atomic mass is 9.96. The second-order valence-electron chi connectivity index (χ2n) is 7.93. The van der Waals surface area contributed by atoms with Crippen LogP contribution in [-0.2, 0) is 24.2 Å². The Balaban J connectivity index is 1.47. The van der Waals surface area contributed by atoms with E-state index in [1.54, 1.807) is 0 Å². The molecule has 3 aromatic rings. The summed E-state index contributed by atoms with van der Waals surface area (Å²) in [7, 11) is 0. The molecule has 1 unspecified atom stereocenters. The molecule has 158 valence electrons. The molecule has 1 aliphatic rings. The molecule has 1 N–H and O–H groups in total. The Morgan fingerprint density at radius 2 is 1.93 bits per heavy atom. The average molecular weight is 408 g/mol. The lowest BCUT2D eigenvalue weighted by molar-refractivity contribution is -0.125. The number of piperidine rings is 1. The number of hydrogen-bond acceptors (Lipinski definition) is 6. The van der Waals surface area contributed by atoms with Crippen LogP contribution in [0.5, 0.6) is 0 Å². The Bertz CT molecular complexity index is 1030. The van der Waals surface area contributed by atoms with E-state index in [1.165, 1.54) is 5.56 Å². The van der Waals surface area contributed by atoms with Gasteiger partial charge in [-0.3, -0.25) is 4.79 Å². The van der Waals surface area contributed by atoms with Gasteiger partial charge in [-0.1, -0.05) is 43.3 Å². The SMILES string of the molecule is CCc1ccc(CNC(=O)C2CCCN(c3nc(C)nc4onc(CC)c34)C2)cc1. The van der Waals surface area contributed by atoms with E-state index >= 15 is 0 Å². The van der Waals surface area contributed by atoms with Gasteiger partial charge in [0.05, 0.1) is 11.6 Å². The molecule has 0 spiro atoms. The Kier molecular flexibility index (Phi) is 5.97. The molecule has 1 atom stereocenters. The molecule has 30 heavy (non-hydrogen) atoms. The van der Waals surface area contributed by atoms with Gasteiger partial charge in [0.1, 0.15) is 17.0 Å². The number of anilines is 1. The maximum atomic E-state index is 12.9. The van der Waals surface area contributed by atoms with Crippen LogP contribution in [0.1, 0.15) is 49.3 Å². The zero-order valence-electron chi connectivity index (χ0n) is 17.9. The largest absolute Gasteiger partial charge is 0.355 e. The molecule has 0 saturated carbocycles. The highest BCUT2D eigenvalue weighted by Crippen LogP contribution is 2.30. The fraction of sp³-hybridized carbons (Fsp3) is 0.478. The van der Waals surface area contributed by atoms with E-state index in [-0.39, 0.29) is 11.8 Å². The molecule has 7 nitrogen and oxygen atoms in total. The number of nitrogens with one attached hydrogen (secondary N) is 1. The molecule has 1 aliphatic heterocycles. The van der Waals surface area contributed by atoms with E-state index in [0.29, 0.717) is 24.6 Å². The van der Waals surface area contributed by atoms with Crippen molar-refractivity contribution in [1.82, 2.24) is 20.4 Å². The number of amides is 1. The fourth-order valence-corrected chi connectivity index (χ4v) is 4.08. The molecular formula is C23H29N5O2. The van der Waals surface area contributed by atoms with Crippen molar-refractivity contribution < 1.29 is 9.32 Å². The minimum Gasteiger partial charge on any atom is -0.355 e. The maximum Gasteiger partial charge on any atom is 0.263 e. The predicted octanol–water partition coefficient (Wildman–Crippen LogP) is 3.58. The number of carbonyl (C=O) groups is 1. The van der Waals surface area contributed by atoms with Crippen LogP contribution in [0.25, 0.3) is 11.1 Å². The van der Waals surface area contributed by atoms with Crippen LogP contribution in [0.4, 0.5) is 5.82 Å². The first-order valence-corrected chi connectivity index (χ1v) is 10.8. The molecule has 0 aliphatic carbocycles. The summed E-state index contributed by atoms with van der Waals surface area (Å²) >= 11 is 0. The summed E-state index contributed by atoms with van der Waals surface area (Å²) in [6.07, 6.45) is 3.60. The first-order chi connectivity index (χ1) is 14.6. The number of rotatable bonds is 6. The summed E-state index contributed by atoms with van der Waals surface area (Å²) in [6.45, 7) is 8.10. The molecule has 4 rings (SSSR count). The van der Waals surface area contributed by atoms with Gasteiger partial charge in [0.2, 0.25) is 5.91 Å². The number of fused-ring (bicyclic) bond motifs is 1. The molecule has 0 radical (unpaired) electrons. The van der Waals surface area contributed by atoms with Crippen LogP contribution in [-0.4, -0.2) is 34.1 Å². The third kappa shape index (κ3) is 4.15. The summed E-state index contributed by atoms with van der Waals surface area (Å²) in [4.78, 5) is 24.1. The van der Waals surface area contributed by atoms with Gasteiger partial charge in [-0.05, 0) is 43.7 Å². The highest BCUT2D eigenvalue weighted by Gasteiger charge is 2.29. The maximum absolute atomic E-state index is 12.9. The van der Waals surface area contributed by atoms with Crippen molar-refractivity contribution in [3.63, 3.8) is 0 Å². The third-order valence-corrected chi connectivity index (χ3v) is 5.82. The van der Waals surface area contributed by atoms with Crippen LogP contribution in [0, 0.1) is 12.8 Å². The Morgan fingerprint density at radius 1 is 1.17 bits per heavy atom. The second-order valence-corrected chi connectivity index (χ2v) is 7.93. The Morgan fingerprint density at radius 3 is 2.67 bits per heavy atom. The van der Waals surface area contributed by atoms with Gasteiger partial charge in [0.25, 0.3) is 5.71 Å². The Hall–Kier alpha value is -2.96. The summed E-state index contributed by atoms with van der Waals surface area (Å²) in [5.41, 5.74) is 3.82. The summed E-state index contributed by atoms with van der Waals surface area (Å²) in [5, 5.41) is 8.15. The predicted molar refractivity (Wildman–Crippen MR) is 116 cm³/mol. The van der Waals surface area contributed by atoms with Crippen molar-refractivity contribution in [1.29, 1.82) is 0 Å². The van der Waals surface area contributed by atoms with Crippen LogP contribution in [0.2, 0.25) is 0 Å². The number of aromatic nitrogens is 3. The molecule has 2 aromatic heterocycles. The molecule has 0 bridgehead atoms. The zero-order valence-corrected chi connectivity index (χ0v) is 17.9. The van der Waals surface area contributed by atoms with Gasteiger partial charge in [0.15, 0.2) is 0 Å². The van der Waals surface area contributed by atoms with Gasteiger partial charge < -0.3 is 14.7 Å². The number of benzene rings is 1. The monoisotopic (exact) mass is 407 g/mol. The van der Waals surface area contributed by atoms with Gasteiger partial charge >= 0.3 is 0 Å². The van der Waals surface area contributed by atoms with Crippen LogP contribution >= 0.6 is 0 Å². The minimum atomic E-state index is -0.0658. The second kappa shape index (κ2) is 8.81. The van der Waals surface area contributed by atoms with E-state index in [4.69, 9.17) is 9.51 Å². The molecule has 3 heterocycles. The molecule has 1 aromatic carbocycles. The molecule has 7 heteroatoms. The van der Waals surface area contributed by atoms with Crippen molar-refractivity contribution in [2.75, 3.05) is 18.0 Å². The quantitative estimate of drug-likeness (QED) is 0.672. The smallest absolute Gasteiger partial charge is 0.263 e. The van der Waals surface area contributed by atoms with Crippen molar-refractivity contribution in [2.24, 2.45) is 5.92 Å². The summed E-state index contributed by atoms with van der Waals surface area (Å²) < 4.78 is 5.42. The van der Waals surface area contributed by atoms with Crippen molar-refractivity contribution in [3.05, 3.63) is 46.9 Å². The van der Waals surface area contributed by atoms with Crippen molar-refractivity contribution in [3.8, 4) is 0 Å². The molecular weight excluding hydrogens is 378 g/mol. The standard InChI is InChI=1S/C23H29N5O2/c1-4-16-8-10-17(11-9-16)13-24-22(29)18-7-6-12-28(14-18)21-20-19(5-2)27-30-23(20)26-15(3)25-21/h8-11,18H,4-7,12-14H2,1-3H3,(H,24,29). The lowest BCUT2D eigenvalue weighted by Gasteiger charge is -2.33. The van der Waals surface area contributed by atoms with Crippen LogP contribution in [0.15, 0.2) is 28.8 Å². The first kappa shape index (κ1) is 20.3. The topological polar surface area (TPSA) is 84.2 Å². The minimum absolute atomic E-state index is 0.0658. The highest BCUT2D eigenvalue weighted by molar-refractivity contribution is 5.89. The van der Waals surface area contributed by atoms with Crippen LogP contribution in [0.3, 0.4) is 0 Å².